The number of aromatic nitrogens is 1. The van der Waals surface area contributed by atoms with Crippen LogP contribution >= 0.6 is 11.3 Å². The van der Waals surface area contributed by atoms with Gasteiger partial charge in [-0.25, -0.2) is 4.98 Å². The molecule has 0 saturated carbocycles. The Labute approximate surface area is 182 Å². The SMILES string of the molecule is CCCNC(=O)C1CCN(C(=O)/C=C/c2ccc(OCc3csc(C)n3)cc2)CC1. The molecule has 0 aliphatic carbocycles. The lowest BCUT2D eigenvalue weighted by atomic mass is 9.96. The molecule has 1 aromatic heterocycles. The van der Waals surface area contributed by atoms with Crippen LogP contribution in [0.4, 0.5) is 0 Å². The van der Waals surface area contributed by atoms with Crippen molar-refractivity contribution in [2.75, 3.05) is 19.6 Å². The quantitative estimate of drug-likeness (QED) is 0.651. The first-order chi connectivity index (χ1) is 14.5. The Morgan fingerprint density at radius 2 is 2.00 bits per heavy atom. The van der Waals surface area contributed by atoms with Crippen molar-refractivity contribution in [1.29, 1.82) is 0 Å². The highest BCUT2D eigenvalue weighted by Crippen LogP contribution is 2.19. The van der Waals surface area contributed by atoms with E-state index in [1.807, 2.05) is 54.5 Å². The Hall–Kier alpha value is -2.67. The molecule has 3 rings (SSSR count). The molecule has 2 heterocycles. The highest BCUT2D eigenvalue weighted by molar-refractivity contribution is 7.09. The minimum atomic E-state index is -0.0124. The molecule has 1 aliphatic rings. The van der Waals surface area contributed by atoms with Crippen LogP contribution < -0.4 is 10.1 Å². The van der Waals surface area contributed by atoms with Crippen LogP contribution in [0, 0.1) is 12.8 Å². The standard InChI is InChI=1S/C23H29N3O3S/c1-3-12-24-23(28)19-10-13-26(14-11-19)22(27)9-6-18-4-7-21(8-5-18)29-15-20-16-30-17(2)25-20/h4-9,16,19H,3,10-15H2,1-2H3,(H,24,28)/b9-6+. The zero-order valence-corrected chi connectivity index (χ0v) is 18.4. The van der Waals surface area contributed by atoms with Crippen molar-refractivity contribution < 1.29 is 14.3 Å². The first-order valence-corrected chi connectivity index (χ1v) is 11.3. The van der Waals surface area contributed by atoms with E-state index in [1.165, 1.54) is 0 Å². The van der Waals surface area contributed by atoms with Gasteiger partial charge in [0.05, 0.1) is 10.7 Å². The monoisotopic (exact) mass is 427 g/mol. The number of ether oxygens (including phenoxy) is 1. The van der Waals surface area contributed by atoms with E-state index < -0.39 is 0 Å². The summed E-state index contributed by atoms with van der Waals surface area (Å²) in [5.41, 5.74) is 1.87. The van der Waals surface area contributed by atoms with E-state index in [0.717, 1.165) is 47.8 Å². The number of hydrogen-bond donors (Lipinski definition) is 1. The van der Waals surface area contributed by atoms with E-state index in [9.17, 15) is 9.59 Å². The average molecular weight is 428 g/mol. The number of hydrogen-bond acceptors (Lipinski definition) is 5. The van der Waals surface area contributed by atoms with E-state index in [1.54, 1.807) is 17.4 Å². The van der Waals surface area contributed by atoms with Crippen molar-refractivity contribution in [1.82, 2.24) is 15.2 Å². The van der Waals surface area contributed by atoms with Crippen LogP contribution in [0.5, 0.6) is 5.75 Å². The molecule has 1 aliphatic heterocycles. The fourth-order valence-corrected chi connectivity index (χ4v) is 3.93. The van der Waals surface area contributed by atoms with Crippen LogP contribution in [0.1, 0.15) is 42.5 Å². The summed E-state index contributed by atoms with van der Waals surface area (Å²) in [6, 6.07) is 7.64. The normalized spacial score (nSPS) is 14.8. The Morgan fingerprint density at radius 1 is 1.27 bits per heavy atom. The first kappa shape index (κ1) is 22.0. The molecule has 0 atom stereocenters. The second-order valence-corrected chi connectivity index (χ2v) is 8.50. The third kappa shape index (κ3) is 6.42. The molecule has 160 valence electrons. The molecule has 0 bridgehead atoms. The van der Waals surface area contributed by atoms with E-state index >= 15 is 0 Å². The highest BCUT2D eigenvalue weighted by atomic mass is 32.1. The van der Waals surface area contributed by atoms with Crippen LogP contribution in [0.2, 0.25) is 0 Å². The van der Waals surface area contributed by atoms with Gasteiger partial charge in [0.1, 0.15) is 12.4 Å². The molecule has 0 spiro atoms. The largest absolute Gasteiger partial charge is 0.487 e. The maximum absolute atomic E-state index is 12.5. The minimum Gasteiger partial charge on any atom is -0.487 e. The number of likely N-dealkylation sites (tertiary alicyclic amines) is 1. The van der Waals surface area contributed by atoms with Gasteiger partial charge in [0.25, 0.3) is 0 Å². The molecular weight excluding hydrogens is 398 g/mol. The van der Waals surface area contributed by atoms with Crippen LogP contribution in [-0.2, 0) is 16.2 Å². The van der Waals surface area contributed by atoms with Gasteiger partial charge in [-0.3, -0.25) is 9.59 Å². The number of aryl methyl sites for hydroxylation is 1. The fraction of sp³-hybridized carbons (Fsp3) is 0.435. The van der Waals surface area contributed by atoms with E-state index in [-0.39, 0.29) is 17.7 Å². The molecule has 30 heavy (non-hydrogen) atoms. The van der Waals surface area contributed by atoms with E-state index in [2.05, 4.69) is 10.3 Å². The summed E-state index contributed by atoms with van der Waals surface area (Å²) in [5, 5.41) is 5.98. The lowest BCUT2D eigenvalue weighted by Gasteiger charge is -2.30. The fourth-order valence-electron chi connectivity index (χ4n) is 3.33. The van der Waals surface area contributed by atoms with Crippen molar-refractivity contribution >= 4 is 29.2 Å². The van der Waals surface area contributed by atoms with Crippen molar-refractivity contribution in [2.45, 2.75) is 39.7 Å². The lowest BCUT2D eigenvalue weighted by molar-refractivity contribution is -0.132. The first-order valence-electron chi connectivity index (χ1n) is 10.4. The number of piperidine rings is 1. The highest BCUT2D eigenvalue weighted by Gasteiger charge is 2.26. The van der Waals surface area contributed by atoms with Gasteiger partial charge in [-0.15, -0.1) is 11.3 Å². The zero-order chi connectivity index (χ0) is 21.3. The van der Waals surface area contributed by atoms with Crippen molar-refractivity contribution in [3.8, 4) is 5.75 Å². The zero-order valence-electron chi connectivity index (χ0n) is 17.6. The molecule has 1 aromatic carbocycles. The third-order valence-corrected chi connectivity index (χ3v) is 5.90. The van der Waals surface area contributed by atoms with Gasteiger partial charge in [0, 0.05) is 37.0 Å². The second kappa shape index (κ2) is 10.9. The van der Waals surface area contributed by atoms with Crippen molar-refractivity contribution in [2.24, 2.45) is 5.92 Å². The number of amides is 2. The van der Waals surface area contributed by atoms with Crippen LogP contribution in [0.15, 0.2) is 35.7 Å². The summed E-state index contributed by atoms with van der Waals surface area (Å²) in [5.74, 6) is 0.895. The molecule has 2 amide bonds. The predicted molar refractivity (Wildman–Crippen MR) is 119 cm³/mol. The number of carbonyl (C=O) groups excluding carboxylic acids is 2. The third-order valence-electron chi connectivity index (χ3n) is 5.08. The molecule has 0 radical (unpaired) electrons. The molecule has 6 nitrogen and oxygen atoms in total. The molecule has 1 saturated heterocycles. The van der Waals surface area contributed by atoms with Crippen LogP contribution in [-0.4, -0.2) is 41.3 Å². The van der Waals surface area contributed by atoms with Gasteiger partial charge < -0.3 is 15.0 Å². The Morgan fingerprint density at radius 3 is 2.63 bits per heavy atom. The molecular formula is C23H29N3O3S. The topological polar surface area (TPSA) is 71.5 Å². The average Bonchev–Trinajstić information content (AvgIpc) is 3.20. The Balaban J connectivity index is 1.44. The number of nitrogens with zero attached hydrogens (tertiary/aromatic N) is 2. The Kier molecular flexibility index (Phi) is 8.02. The summed E-state index contributed by atoms with van der Waals surface area (Å²) >= 11 is 1.61. The summed E-state index contributed by atoms with van der Waals surface area (Å²) in [7, 11) is 0. The van der Waals surface area contributed by atoms with Crippen LogP contribution in [0.25, 0.3) is 6.08 Å². The molecule has 0 unspecified atom stereocenters. The Bertz CT molecular complexity index is 868. The summed E-state index contributed by atoms with van der Waals surface area (Å²) in [4.78, 5) is 30.7. The van der Waals surface area contributed by atoms with Gasteiger partial charge >= 0.3 is 0 Å². The predicted octanol–water partition coefficient (Wildman–Crippen LogP) is 3.81. The lowest BCUT2D eigenvalue weighted by Crippen LogP contribution is -2.42. The van der Waals surface area contributed by atoms with Crippen molar-refractivity contribution in [3.63, 3.8) is 0 Å². The maximum atomic E-state index is 12.5. The molecule has 2 aromatic rings. The van der Waals surface area contributed by atoms with Gasteiger partial charge in [0.15, 0.2) is 0 Å². The van der Waals surface area contributed by atoms with Crippen LogP contribution in [0.3, 0.4) is 0 Å². The molecule has 1 fully saturated rings. The summed E-state index contributed by atoms with van der Waals surface area (Å²) < 4.78 is 5.75. The smallest absolute Gasteiger partial charge is 0.246 e. The van der Waals surface area contributed by atoms with E-state index in [4.69, 9.17) is 4.74 Å². The number of benzene rings is 1. The van der Waals surface area contributed by atoms with E-state index in [0.29, 0.717) is 19.7 Å². The number of thiazole rings is 1. The summed E-state index contributed by atoms with van der Waals surface area (Å²) in [6.07, 6.45) is 5.80. The van der Waals surface area contributed by atoms with Gasteiger partial charge in [-0.1, -0.05) is 19.1 Å². The van der Waals surface area contributed by atoms with Gasteiger partial charge in [-0.05, 0) is 50.0 Å². The van der Waals surface area contributed by atoms with Gasteiger partial charge in [0.2, 0.25) is 11.8 Å². The molecule has 1 N–H and O–H groups in total. The minimum absolute atomic E-state index is 0.0124. The number of nitrogens with one attached hydrogen (secondary N) is 1. The number of carbonyl (C=O) groups is 2. The second-order valence-electron chi connectivity index (χ2n) is 7.44. The molecule has 7 heteroatoms. The van der Waals surface area contributed by atoms with Gasteiger partial charge in [-0.2, -0.15) is 0 Å². The van der Waals surface area contributed by atoms with Crippen molar-refractivity contribution in [3.05, 3.63) is 52.0 Å². The number of rotatable bonds is 8. The summed E-state index contributed by atoms with van der Waals surface area (Å²) in [6.45, 7) is 6.42. The maximum Gasteiger partial charge on any atom is 0.246 e.